The van der Waals surface area contributed by atoms with Crippen LogP contribution in [0.25, 0.3) is 6.08 Å². The molecule has 196 valence electrons. The molecule has 1 spiro atoms. The van der Waals surface area contributed by atoms with E-state index in [-0.39, 0.29) is 29.4 Å². The Kier molecular flexibility index (Phi) is 7.03. The fourth-order valence-corrected chi connectivity index (χ4v) is 8.14. The molecule has 2 saturated carbocycles. The first-order valence-corrected chi connectivity index (χ1v) is 13.4. The summed E-state index contributed by atoms with van der Waals surface area (Å²) in [7, 11) is 3.17. The summed E-state index contributed by atoms with van der Waals surface area (Å²) < 4.78 is 22.9. The van der Waals surface area contributed by atoms with E-state index < -0.39 is 12.1 Å². The van der Waals surface area contributed by atoms with Crippen LogP contribution in [0.5, 0.6) is 11.5 Å². The molecule has 1 aromatic carbocycles. The van der Waals surface area contributed by atoms with Crippen molar-refractivity contribution in [2.75, 3.05) is 27.3 Å². The van der Waals surface area contributed by atoms with E-state index >= 15 is 0 Å². The van der Waals surface area contributed by atoms with E-state index in [1.54, 1.807) is 20.3 Å². The lowest BCUT2D eigenvalue weighted by atomic mass is 9.47. The number of nitrogens with zero attached hydrogens (tertiary/aromatic N) is 1. The summed E-state index contributed by atoms with van der Waals surface area (Å²) in [6.45, 7) is 6.03. The van der Waals surface area contributed by atoms with Crippen molar-refractivity contribution in [2.45, 2.75) is 70.1 Å². The molecule has 7 heteroatoms. The highest BCUT2D eigenvalue weighted by Crippen LogP contribution is 2.61. The van der Waals surface area contributed by atoms with Gasteiger partial charge in [0.2, 0.25) is 0 Å². The molecule has 4 aliphatic rings. The van der Waals surface area contributed by atoms with E-state index in [1.807, 2.05) is 18.2 Å². The minimum atomic E-state index is -0.425. The fourth-order valence-electron chi connectivity index (χ4n) is 8.14. The molecular weight excluding hydrogens is 458 g/mol. The molecule has 1 aromatic rings. The minimum absolute atomic E-state index is 0.0491. The Morgan fingerprint density at radius 2 is 1.72 bits per heavy atom. The van der Waals surface area contributed by atoms with E-state index in [4.69, 9.17) is 18.9 Å². The number of ether oxygens (including phenoxy) is 4. The molecule has 2 saturated heterocycles. The molecule has 7 atom stereocenters. The number of benzene rings is 1. The predicted molar refractivity (Wildman–Crippen MR) is 136 cm³/mol. The Morgan fingerprint density at radius 1 is 1.00 bits per heavy atom. The van der Waals surface area contributed by atoms with Gasteiger partial charge in [0.25, 0.3) is 0 Å². The van der Waals surface area contributed by atoms with Gasteiger partial charge in [-0.15, -0.1) is 0 Å². The first-order valence-electron chi connectivity index (χ1n) is 13.4. The number of rotatable bonds is 6. The number of carbonyl (C=O) groups is 2. The van der Waals surface area contributed by atoms with Crippen molar-refractivity contribution in [3.8, 4) is 11.5 Å². The summed E-state index contributed by atoms with van der Waals surface area (Å²) in [4.78, 5) is 28.1. The van der Waals surface area contributed by atoms with Crippen LogP contribution in [0.15, 0.2) is 24.3 Å². The summed E-state index contributed by atoms with van der Waals surface area (Å²) in [6.07, 6.45) is 8.98. The highest BCUT2D eigenvalue weighted by molar-refractivity contribution is 5.87. The fraction of sp³-hybridized carbons (Fsp3) is 0.655. The third-order valence-electron chi connectivity index (χ3n) is 9.14. The number of carbonyl (C=O) groups excluding carboxylic acids is 2. The molecular formula is C29H39NO6. The van der Waals surface area contributed by atoms with E-state index in [1.165, 1.54) is 25.8 Å². The molecule has 2 bridgehead atoms. The molecule has 6 unspecified atom stereocenters. The normalized spacial score (nSPS) is 35.6. The van der Waals surface area contributed by atoms with E-state index in [0.29, 0.717) is 23.3 Å². The van der Waals surface area contributed by atoms with Gasteiger partial charge in [-0.2, -0.15) is 0 Å². The minimum Gasteiger partial charge on any atom is -0.493 e. The van der Waals surface area contributed by atoms with Gasteiger partial charge in [-0.25, -0.2) is 4.79 Å². The Hall–Kier alpha value is -2.54. The van der Waals surface area contributed by atoms with Gasteiger partial charge in [-0.3, -0.25) is 9.69 Å². The number of methoxy groups -OCH3 is 2. The number of hydrogen-bond donors (Lipinski definition) is 0. The Labute approximate surface area is 214 Å². The highest BCUT2D eigenvalue weighted by atomic mass is 16.6. The van der Waals surface area contributed by atoms with Crippen LogP contribution in [-0.4, -0.2) is 61.9 Å². The maximum absolute atomic E-state index is 13.2. The highest BCUT2D eigenvalue weighted by Gasteiger charge is 2.67. The van der Waals surface area contributed by atoms with Crippen molar-refractivity contribution in [2.24, 2.45) is 23.7 Å². The topological polar surface area (TPSA) is 74.3 Å². The number of hydrogen-bond acceptors (Lipinski definition) is 7. The molecule has 5 rings (SSSR count). The lowest BCUT2D eigenvalue weighted by Crippen LogP contribution is -2.75. The number of esters is 2. The molecule has 4 fully saturated rings. The standard InChI is InChI=1S/C29H39NO6/c1-18-15-21-22-7-5-13-30-14-6-8-23(29(22,30)17-18)28(27(21)35-19(2)31)36-26(32)12-10-20-9-11-24(33-3)25(16-20)34-4/h9-12,16,18,21-23,27-28H,5-8,13-15,17H2,1-4H3/b12-10+/t18?,21?,22?,23-,27?,28?,29?/m1/s1. The summed E-state index contributed by atoms with van der Waals surface area (Å²) in [5.74, 6) is 1.99. The summed E-state index contributed by atoms with van der Waals surface area (Å²) in [5.41, 5.74) is 0.860. The van der Waals surface area contributed by atoms with Crippen molar-refractivity contribution in [1.29, 1.82) is 0 Å². The third-order valence-corrected chi connectivity index (χ3v) is 9.14. The largest absolute Gasteiger partial charge is 0.493 e. The molecule has 0 aromatic heterocycles. The van der Waals surface area contributed by atoms with Crippen LogP contribution in [0.2, 0.25) is 0 Å². The zero-order valence-electron chi connectivity index (χ0n) is 21.9. The van der Waals surface area contributed by atoms with Gasteiger partial charge in [0.05, 0.1) is 14.2 Å². The van der Waals surface area contributed by atoms with Crippen molar-refractivity contribution < 1.29 is 28.5 Å². The molecule has 36 heavy (non-hydrogen) atoms. The van der Waals surface area contributed by atoms with Gasteiger partial charge in [0.1, 0.15) is 12.2 Å². The van der Waals surface area contributed by atoms with E-state index in [9.17, 15) is 9.59 Å². The third kappa shape index (κ3) is 4.29. The van der Waals surface area contributed by atoms with Gasteiger partial charge >= 0.3 is 11.9 Å². The van der Waals surface area contributed by atoms with Crippen LogP contribution in [0, 0.1) is 23.7 Å². The molecule has 0 N–H and O–H groups in total. The van der Waals surface area contributed by atoms with Gasteiger partial charge in [-0.1, -0.05) is 13.0 Å². The maximum atomic E-state index is 13.2. The SMILES string of the molecule is COc1ccc(/C=C/C(=O)OC2C(OC(C)=O)C3CC(C)CC45C3CCCN4CCC[C@H]25)cc1OC. The first-order chi connectivity index (χ1) is 17.4. The van der Waals surface area contributed by atoms with Crippen LogP contribution in [-0.2, 0) is 19.1 Å². The van der Waals surface area contributed by atoms with Crippen molar-refractivity contribution in [3.63, 3.8) is 0 Å². The van der Waals surface area contributed by atoms with Crippen LogP contribution in [0.1, 0.15) is 57.9 Å². The molecule has 2 heterocycles. The van der Waals surface area contributed by atoms with Gasteiger partial charge in [0.15, 0.2) is 11.5 Å². The molecule has 7 nitrogen and oxygen atoms in total. The van der Waals surface area contributed by atoms with E-state index in [2.05, 4.69) is 11.8 Å². The monoisotopic (exact) mass is 497 g/mol. The van der Waals surface area contributed by atoms with Crippen LogP contribution < -0.4 is 9.47 Å². The van der Waals surface area contributed by atoms with Crippen LogP contribution in [0.4, 0.5) is 0 Å². The summed E-state index contributed by atoms with van der Waals surface area (Å²) >= 11 is 0. The van der Waals surface area contributed by atoms with Gasteiger partial charge < -0.3 is 18.9 Å². The Bertz CT molecular complexity index is 1020. The first kappa shape index (κ1) is 25.1. The van der Waals surface area contributed by atoms with Crippen LogP contribution >= 0.6 is 0 Å². The molecule has 2 aliphatic carbocycles. The van der Waals surface area contributed by atoms with Crippen molar-refractivity contribution >= 4 is 18.0 Å². The predicted octanol–water partition coefficient (Wildman–Crippen LogP) is 4.48. The molecule has 0 amide bonds. The molecule has 2 aliphatic heterocycles. The number of piperidine rings is 2. The zero-order chi connectivity index (χ0) is 25.4. The quantitative estimate of drug-likeness (QED) is 0.424. The average Bonchev–Trinajstić information content (AvgIpc) is 2.86. The van der Waals surface area contributed by atoms with Gasteiger partial charge in [-0.05, 0) is 87.2 Å². The second kappa shape index (κ2) is 10.1. The Balaban J connectivity index is 1.43. The lowest BCUT2D eigenvalue weighted by Gasteiger charge is -2.68. The summed E-state index contributed by atoms with van der Waals surface area (Å²) in [5, 5.41) is 0. The van der Waals surface area contributed by atoms with Crippen LogP contribution in [0.3, 0.4) is 0 Å². The van der Waals surface area contributed by atoms with E-state index in [0.717, 1.165) is 44.3 Å². The smallest absolute Gasteiger partial charge is 0.331 e. The Morgan fingerprint density at radius 3 is 2.42 bits per heavy atom. The second-order valence-corrected chi connectivity index (χ2v) is 11.1. The van der Waals surface area contributed by atoms with Crippen molar-refractivity contribution in [3.05, 3.63) is 29.8 Å². The lowest BCUT2D eigenvalue weighted by molar-refractivity contribution is -0.247. The average molecular weight is 498 g/mol. The second-order valence-electron chi connectivity index (χ2n) is 11.1. The molecule has 0 radical (unpaired) electrons. The van der Waals surface area contributed by atoms with Crippen molar-refractivity contribution in [1.82, 2.24) is 4.90 Å². The summed E-state index contributed by atoms with van der Waals surface area (Å²) in [6, 6.07) is 5.49. The zero-order valence-corrected chi connectivity index (χ0v) is 21.9. The maximum Gasteiger partial charge on any atom is 0.331 e. The van der Waals surface area contributed by atoms with Gasteiger partial charge in [0, 0.05) is 30.4 Å².